The van der Waals surface area contributed by atoms with Crippen LogP contribution in [0, 0.1) is 6.92 Å². The number of hydrogen-bond acceptors (Lipinski definition) is 2. The number of Topliss-reactive ketones (excluding diaryl/α,β-unsaturated/α-hetero) is 1. The molecule has 0 aliphatic carbocycles. The highest BCUT2D eigenvalue weighted by Crippen LogP contribution is 2.30. The maximum absolute atomic E-state index is 12.5. The van der Waals surface area contributed by atoms with Crippen LogP contribution in [0.25, 0.3) is 0 Å². The number of aryl methyl sites for hydroxylation is 1. The minimum absolute atomic E-state index is 0.0940. The van der Waals surface area contributed by atoms with Gasteiger partial charge in [-0.25, -0.2) is 0 Å². The second kappa shape index (κ2) is 6.00. The summed E-state index contributed by atoms with van der Waals surface area (Å²) in [6, 6.07) is 13.6. The lowest BCUT2D eigenvalue weighted by atomic mass is 9.93. The van der Waals surface area contributed by atoms with E-state index in [0.29, 0.717) is 23.6 Å². The van der Waals surface area contributed by atoms with E-state index in [0.717, 1.165) is 17.5 Å². The molecule has 0 saturated heterocycles. The van der Waals surface area contributed by atoms with Crippen molar-refractivity contribution in [3.63, 3.8) is 0 Å². The van der Waals surface area contributed by atoms with Crippen molar-refractivity contribution in [1.29, 1.82) is 0 Å². The lowest BCUT2D eigenvalue weighted by molar-refractivity contribution is 0.0352. The molecule has 0 amide bonds. The SMILES string of the molecule is Cc1cc(C(=O)CC2OCCc3ccccc32)ccc1Cl. The summed E-state index contributed by atoms with van der Waals surface area (Å²) in [6.07, 6.45) is 1.15. The van der Waals surface area contributed by atoms with Gasteiger partial charge in [-0.05, 0) is 48.2 Å². The Morgan fingerprint density at radius 1 is 1.29 bits per heavy atom. The number of ketones is 1. The summed E-state index contributed by atoms with van der Waals surface area (Å²) in [5.41, 5.74) is 4.05. The minimum atomic E-state index is -0.140. The third kappa shape index (κ3) is 3.02. The Balaban J connectivity index is 1.81. The molecule has 3 heteroatoms. The Labute approximate surface area is 129 Å². The summed E-state index contributed by atoms with van der Waals surface area (Å²) in [4.78, 5) is 12.5. The zero-order valence-corrected chi connectivity index (χ0v) is 12.7. The first-order chi connectivity index (χ1) is 10.1. The van der Waals surface area contributed by atoms with Gasteiger partial charge >= 0.3 is 0 Å². The molecule has 21 heavy (non-hydrogen) atoms. The Bertz CT molecular complexity index is 679. The Morgan fingerprint density at radius 2 is 2.10 bits per heavy atom. The highest BCUT2D eigenvalue weighted by atomic mass is 35.5. The van der Waals surface area contributed by atoms with Gasteiger partial charge in [0, 0.05) is 17.0 Å². The largest absolute Gasteiger partial charge is 0.373 e. The van der Waals surface area contributed by atoms with E-state index in [1.165, 1.54) is 5.56 Å². The van der Waals surface area contributed by atoms with Crippen LogP contribution >= 0.6 is 11.6 Å². The van der Waals surface area contributed by atoms with E-state index in [9.17, 15) is 4.79 Å². The van der Waals surface area contributed by atoms with Crippen LogP contribution < -0.4 is 0 Å². The average Bonchev–Trinajstić information content (AvgIpc) is 2.50. The number of halogens is 1. The van der Waals surface area contributed by atoms with Crippen LogP contribution in [0.4, 0.5) is 0 Å². The molecule has 0 N–H and O–H groups in total. The van der Waals surface area contributed by atoms with Crippen LogP contribution in [-0.2, 0) is 11.2 Å². The smallest absolute Gasteiger partial charge is 0.165 e. The molecule has 108 valence electrons. The highest BCUT2D eigenvalue weighted by Gasteiger charge is 2.23. The summed E-state index contributed by atoms with van der Waals surface area (Å²) in [7, 11) is 0. The Morgan fingerprint density at radius 3 is 2.90 bits per heavy atom. The van der Waals surface area contributed by atoms with Crippen molar-refractivity contribution in [2.24, 2.45) is 0 Å². The molecule has 1 aliphatic rings. The van der Waals surface area contributed by atoms with Gasteiger partial charge in [0.2, 0.25) is 0 Å². The van der Waals surface area contributed by atoms with E-state index in [2.05, 4.69) is 12.1 Å². The van der Waals surface area contributed by atoms with Gasteiger partial charge in [-0.3, -0.25) is 4.79 Å². The van der Waals surface area contributed by atoms with Gasteiger partial charge in [-0.2, -0.15) is 0 Å². The molecular formula is C18H17ClO2. The topological polar surface area (TPSA) is 26.3 Å². The maximum atomic E-state index is 12.5. The quantitative estimate of drug-likeness (QED) is 0.778. The summed E-state index contributed by atoms with van der Waals surface area (Å²) in [6.45, 7) is 2.58. The van der Waals surface area contributed by atoms with Gasteiger partial charge in [0.15, 0.2) is 5.78 Å². The van der Waals surface area contributed by atoms with Crippen molar-refractivity contribution in [1.82, 2.24) is 0 Å². The van der Waals surface area contributed by atoms with E-state index in [-0.39, 0.29) is 11.9 Å². The van der Waals surface area contributed by atoms with Gasteiger partial charge in [-0.1, -0.05) is 35.9 Å². The molecule has 2 nitrogen and oxygen atoms in total. The predicted octanol–water partition coefficient (Wildman–Crippen LogP) is 4.54. The molecule has 2 aromatic carbocycles. The number of hydrogen-bond donors (Lipinski definition) is 0. The maximum Gasteiger partial charge on any atom is 0.165 e. The van der Waals surface area contributed by atoms with Crippen LogP contribution in [0.5, 0.6) is 0 Å². The molecule has 0 spiro atoms. The molecule has 0 radical (unpaired) electrons. The number of fused-ring (bicyclic) bond motifs is 1. The Hall–Kier alpha value is -1.64. The normalized spacial score (nSPS) is 17.3. The number of ether oxygens (including phenoxy) is 1. The number of carbonyl (C=O) groups is 1. The molecule has 3 rings (SSSR count). The molecule has 0 saturated carbocycles. The van der Waals surface area contributed by atoms with E-state index in [4.69, 9.17) is 16.3 Å². The lowest BCUT2D eigenvalue weighted by Gasteiger charge is -2.25. The number of rotatable bonds is 3. The summed E-state index contributed by atoms with van der Waals surface area (Å²) in [5.74, 6) is 0.0940. The van der Waals surface area contributed by atoms with Crippen LogP contribution in [-0.4, -0.2) is 12.4 Å². The first-order valence-electron chi connectivity index (χ1n) is 7.14. The monoisotopic (exact) mass is 300 g/mol. The van der Waals surface area contributed by atoms with E-state index >= 15 is 0 Å². The molecule has 1 unspecified atom stereocenters. The average molecular weight is 301 g/mol. The van der Waals surface area contributed by atoms with Crippen LogP contribution in [0.3, 0.4) is 0 Å². The van der Waals surface area contributed by atoms with Crippen molar-refractivity contribution < 1.29 is 9.53 Å². The zero-order valence-electron chi connectivity index (χ0n) is 11.9. The molecule has 1 heterocycles. The second-order valence-corrected chi connectivity index (χ2v) is 5.81. The minimum Gasteiger partial charge on any atom is -0.373 e. The molecule has 1 aliphatic heterocycles. The van der Waals surface area contributed by atoms with Crippen LogP contribution in [0.2, 0.25) is 5.02 Å². The number of benzene rings is 2. The van der Waals surface area contributed by atoms with Gasteiger partial charge < -0.3 is 4.74 Å². The van der Waals surface area contributed by atoms with E-state index < -0.39 is 0 Å². The first-order valence-corrected chi connectivity index (χ1v) is 7.51. The van der Waals surface area contributed by atoms with Crippen molar-refractivity contribution in [2.45, 2.75) is 25.9 Å². The van der Waals surface area contributed by atoms with Gasteiger partial charge in [-0.15, -0.1) is 0 Å². The standard InChI is InChI=1S/C18H17ClO2/c1-12-10-14(6-7-16(12)19)17(20)11-18-15-5-3-2-4-13(15)8-9-21-18/h2-7,10,18H,8-9,11H2,1H3. The predicted molar refractivity (Wildman–Crippen MR) is 84.0 cm³/mol. The van der Waals surface area contributed by atoms with Crippen molar-refractivity contribution in [3.05, 3.63) is 69.7 Å². The van der Waals surface area contributed by atoms with Crippen molar-refractivity contribution in [3.8, 4) is 0 Å². The van der Waals surface area contributed by atoms with E-state index in [1.807, 2.05) is 25.1 Å². The molecule has 2 aromatic rings. The highest BCUT2D eigenvalue weighted by molar-refractivity contribution is 6.31. The summed E-state index contributed by atoms with van der Waals surface area (Å²) >= 11 is 6.01. The van der Waals surface area contributed by atoms with Crippen molar-refractivity contribution in [2.75, 3.05) is 6.61 Å². The molecule has 1 atom stereocenters. The molecule has 0 bridgehead atoms. The van der Waals surface area contributed by atoms with E-state index in [1.54, 1.807) is 12.1 Å². The lowest BCUT2D eigenvalue weighted by Crippen LogP contribution is -2.19. The van der Waals surface area contributed by atoms with Gasteiger partial charge in [0.1, 0.15) is 0 Å². The second-order valence-electron chi connectivity index (χ2n) is 5.40. The number of carbonyl (C=O) groups excluding carboxylic acids is 1. The van der Waals surface area contributed by atoms with Crippen LogP contribution in [0.1, 0.15) is 39.6 Å². The first kappa shape index (κ1) is 14.3. The fourth-order valence-electron chi connectivity index (χ4n) is 2.75. The zero-order chi connectivity index (χ0) is 14.8. The fraction of sp³-hybridized carbons (Fsp3) is 0.278. The molecule has 0 aromatic heterocycles. The fourth-order valence-corrected chi connectivity index (χ4v) is 2.87. The van der Waals surface area contributed by atoms with Gasteiger partial charge in [0.25, 0.3) is 0 Å². The third-order valence-electron chi connectivity index (χ3n) is 3.94. The van der Waals surface area contributed by atoms with Gasteiger partial charge in [0.05, 0.1) is 12.7 Å². The van der Waals surface area contributed by atoms with Crippen molar-refractivity contribution >= 4 is 17.4 Å². The molecular weight excluding hydrogens is 284 g/mol. The summed E-state index contributed by atoms with van der Waals surface area (Å²) < 4.78 is 5.80. The molecule has 0 fully saturated rings. The van der Waals surface area contributed by atoms with Crippen LogP contribution in [0.15, 0.2) is 42.5 Å². The summed E-state index contributed by atoms with van der Waals surface area (Å²) in [5, 5.41) is 0.686. The third-order valence-corrected chi connectivity index (χ3v) is 4.37. The Kier molecular flexibility index (Phi) is 4.09.